The number of esters is 2. The summed E-state index contributed by atoms with van der Waals surface area (Å²) in [5, 5.41) is 4.25. The Kier molecular flexibility index (Phi) is 6.74. The zero-order chi connectivity index (χ0) is 21.7. The quantitative estimate of drug-likeness (QED) is 0.530. The molecule has 0 atom stereocenters. The van der Waals surface area contributed by atoms with Crippen LogP contribution >= 0.6 is 11.6 Å². The van der Waals surface area contributed by atoms with Crippen molar-refractivity contribution in [1.29, 1.82) is 0 Å². The smallest absolute Gasteiger partial charge is 0.341 e. The van der Waals surface area contributed by atoms with Gasteiger partial charge in [0.15, 0.2) is 0 Å². The Morgan fingerprint density at radius 1 is 1.03 bits per heavy atom. The Bertz CT molecular complexity index is 1100. The minimum atomic E-state index is -0.545. The van der Waals surface area contributed by atoms with Gasteiger partial charge in [-0.2, -0.15) is 0 Å². The number of methoxy groups -OCH3 is 1. The van der Waals surface area contributed by atoms with Crippen LogP contribution in [0.15, 0.2) is 42.6 Å². The molecule has 0 saturated carbocycles. The fraction of sp³-hybridized carbons (Fsp3) is 0.227. The van der Waals surface area contributed by atoms with Crippen molar-refractivity contribution in [3.8, 4) is 5.75 Å². The summed E-state index contributed by atoms with van der Waals surface area (Å²) < 4.78 is 15.7. The van der Waals surface area contributed by atoms with Gasteiger partial charge in [-0.25, -0.2) is 9.59 Å². The molecule has 0 aliphatic heterocycles. The number of fused-ring (bicyclic) bond motifs is 1. The number of carbonyl (C=O) groups excluding carboxylic acids is 2. The molecule has 3 aromatic rings. The van der Waals surface area contributed by atoms with Crippen molar-refractivity contribution in [1.82, 2.24) is 4.98 Å². The normalized spacial score (nSPS) is 10.5. The molecule has 0 saturated heterocycles. The molecule has 0 amide bonds. The number of ether oxygens (including phenoxy) is 3. The highest BCUT2D eigenvalue weighted by molar-refractivity contribution is 6.31. The van der Waals surface area contributed by atoms with Gasteiger partial charge in [0.25, 0.3) is 0 Å². The molecule has 7 nitrogen and oxygen atoms in total. The van der Waals surface area contributed by atoms with Crippen LogP contribution < -0.4 is 10.1 Å². The van der Waals surface area contributed by atoms with Crippen molar-refractivity contribution in [2.75, 3.05) is 25.6 Å². The van der Waals surface area contributed by atoms with Crippen LogP contribution in [0.3, 0.4) is 0 Å². The molecule has 30 heavy (non-hydrogen) atoms. The van der Waals surface area contributed by atoms with E-state index in [1.54, 1.807) is 50.2 Å². The van der Waals surface area contributed by atoms with Crippen LogP contribution in [0.4, 0.5) is 11.4 Å². The summed E-state index contributed by atoms with van der Waals surface area (Å²) in [6, 6.07) is 10.0. The highest BCUT2D eigenvalue weighted by Gasteiger charge is 2.20. The molecule has 1 heterocycles. The predicted octanol–water partition coefficient (Wildman–Crippen LogP) is 4.99. The minimum absolute atomic E-state index is 0.208. The van der Waals surface area contributed by atoms with Crippen LogP contribution in [0.5, 0.6) is 5.75 Å². The lowest BCUT2D eigenvalue weighted by atomic mass is 10.1. The molecule has 156 valence electrons. The van der Waals surface area contributed by atoms with Crippen LogP contribution in [-0.2, 0) is 9.47 Å². The first kappa shape index (κ1) is 21.4. The van der Waals surface area contributed by atoms with Gasteiger partial charge < -0.3 is 19.5 Å². The van der Waals surface area contributed by atoms with Crippen LogP contribution in [0, 0.1) is 0 Å². The van der Waals surface area contributed by atoms with Crippen molar-refractivity contribution < 1.29 is 23.8 Å². The fourth-order valence-corrected chi connectivity index (χ4v) is 3.12. The molecule has 3 rings (SSSR count). The zero-order valence-corrected chi connectivity index (χ0v) is 17.6. The van der Waals surface area contributed by atoms with Crippen LogP contribution in [0.25, 0.3) is 10.9 Å². The number of hydrogen-bond acceptors (Lipinski definition) is 7. The maximum absolute atomic E-state index is 12.6. The van der Waals surface area contributed by atoms with E-state index in [9.17, 15) is 9.59 Å². The van der Waals surface area contributed by atoms with Gasteiger partial charge in [-0.15, -0.1) is 0 Å². The number of nitrogens with zero attached hydrogens (tertiary/aromatic N) is 1. The van der Waals surface area contributed by atoms with Crippen LogP contribution in [0.2, 0.25) is 5.02 Å². The minimum Gasteiger partial charge on any atom is -0.495 e. The molecule has 0 unspecified atom stereocenters. The van der Waals surface area contributed by atoms with E-state index in [-0.39, 0.29) is 18.8 Å². The van der Waals surface area contributed by atoms with E-state index < -0.39 is 11.9 Å². The number of aromatic nitrogens is 1. The second kappa shape index (κ2) is 9.45. The van der Waals surface area contributed by atoms with Crippen molar-refractivity contribution in [3.63, 3.8) is 0 Å². The van der Waals surface area contributed by atoms with E-state index in [0.29, 0.717) is 38.6 Å². The fourth-order valence-electron chi connectivity index (χ4n) is 2.94. The highest BCUT2D eigenvalue weighted by atomic mass is 35.5. The average Bonchev–Trinajstić information content (AvgIpc) is 2.74. The second-order valence-electron chi connectivity index (χ2n) is 6.19. The molecule has 2 aromatic carbocycles. The van der Waals surface area contributed by atoms with Crippen LogP contribution in [0.1, 0.15) is 34.6 Å². The van der Waals surface area contributed by atoms with Crippen molar-refractivity contribution in [3.05, 3.63) is 58.7 Å². The maximum Gasteiger partial charge on any atom is 0.341 e. The Balaban J connectivity index is 2.22. The first-order chi connectivity index (χ1) is 14.5. The topological polar surface area (TPSA) is 86.8 Å². The molecule has 1 aromatic heterocycles. The second-order valence-corrected chi connectivity index (χ2v) is 6.63. The van der Waals surface area contributed by atoms with Gasteiger partial charge in [0.2, 0.25) is 0 Å². The summed E-state index contributed by atoms with van der Waals surface area (Å²) in [6.07, 6.45) is 1.43. The summed E-state index contributed by atoms with van der Waals surface area (Å²) >= 11 is 6.15. The van der Waals surface area contributed by atoms with Gasteiger partial charge in [0.05, 0.1) is 42.8 Å². The molecule has 8 heteroatoms. The summed E-state index contributed by atoms with van der Waals surface area (Å²) in [7, 11) is 1.53. The molecule has 0 bridgehead atoms. The van der Waals surface area contributed by atoms with Gasteiger partial charge >= 0.3 is 11.9 Å². The summed E-state index contributed by atoms with van der Waals surface area (Å²) in [4.78, 5) is 29.2. The average molecular weight is 429 g/mol. The third kappa shape index (κ3) is 4.46. The number of benzene rings is 2. The third-order valence-corrected chi connectivity index (χ3v) is 4.53. The largest absolute Gasteiger partial charge is 0.495 e. The monoisotopic (exact) mass is 428 g/mol. The van der Waals surface area contributed by atoms with Gasteiger partial charge in [0, 0.05) is 16.6 Å². The number of hydrogen-bond donors (Lipinski definition) is 1. The first-order valence-electron chi connectivity index (χ1n) is 9.36. The predicted molar refractivity (Wildman–Crippen MR) is 115 cm³/mol. The van der Waals surface area contributed by atoms with Gasteiger partial charge in [-0.05, 0) is 50.2 Å². The van der Waals surface area contributed by atoms with Crippen molar-refractivity contribution >= 4 is 45.8 Å². The SMILES string of the molecule is CCOC(=O)c1ccc2ncc(C(=O)OCC)c(Nc3cc(Cl)ccc3OC)c2c1. The Morgan fingerprint density at radius 3 is 2.47 bits per heavy atom. The van der Waals surface area contributed by atoms with Crippen molar-refractivity contribution in [2.24, 2.45) is 0 Å². The van der Waals surface area contributed by atoms with Crippen LogP contribution in [-0.4, -0.2) is 37.2 Å². The highest BCUT2D eigenvalue weighted by Crippen LogP contribution is 2.35. The number of carbonyl (C=O) groups is 2. The number of nitrogens with one attached hydrogen (secondary N) is 1. The number of halogens is 1. The molecule has 0 aliphatic carbocycles. The summed E-state index contributed by atoms with van der Waals surface area (Å²) in [5.74, 6) is -0.482. The first-order valence-corrected chi connectivity index (χ1v) is 9.73. The number of anilines is 2. The van der Waals surface area contributed by atoms with Gasteiger partial charge in [-0.1, -0.05) is 11.6 Å². The molecule has 0 aliphatic rings. The van der Waals surface area contributed by atoms with E-state index in [0.717, 1.165) is 0 Å². The lowest BCUT2D eigenvalue weighted by molar-refractivity contribution is 0.0518. The Hall–Kier alpha value is -3.32. The molecular weight excluding hydrogens is 408 g/mol. The van der Waals surface area contributed by atoms with E-state index in [2.05, 4.69) is 10.3 Å². The van der Waals surface area contributed by atoms with E-state index >= 15 is 0 Å². The van der Waals surface area contributed by atoms with Crippen molar-refractivity contribution in [2.45, 2.75) is 13.8 Å². The number of rotatable bonds is 7. The zero-order valence-electron chi connectivity index (χ0n) is 16.8. The van der Waals surface area contributed by atoms with E-state index in [4.69, 9.17) is 25.8 Å². The van der Waals surface area contributed by atoms with E-state index in [1.807, 2.05) is 0 Å². The number of pyridine rings is 1. The lowest BCUT2D eigenvalue weighted by Gasteiger charge is -2.17. The lowest BCUT2D eigenvalue weighted by Crippen LogP contribution is -2.10. The van der Waals surface area contributed by atoms with E-state index in [1.165, 1.54) is 13.3 Å². The molecule has 0 fully saturated rings. The van der Waals surface area contributed by atoms with Gasteiger partial charge in [0.1, 0.15) is 11.3 Å². The Morgan fingerprint density at radius 2 is 1.77 bits per heavy atom. The Labute approximate surface area is 178 Å². The van der Waals surface area contributed by atoms with Gasteiger partial charge in [-0.3, -0.25) is 4.98 Å². The maximum atomic E-state index is 12.6. The molecule has 1 N–H and O–H groups in total. The summed E-state index contributed by atoms with van der Waals surface area (Å²) in [5.41, 5.74) is 2.11. The third-order valence-electron chi connectivity index (χ3n) is 4.30. The molecule has 0 spiro atoms. The summed E-state index contributed by atoms with van der Waals surface area (Å²) in [6.45, 7) is 3.92. The molecule has 0 radical (unpaired) electrons. The molecular formula is C22H21ClN2O5. The standard InChI is InChI=1S/C22H21ClN2O5/c1-4-29-21(26)13-6-8-17-15(10-13)20(16(12-24-17)22(27)30-5-2)25-18-11-14(23)7-9-19(18)28-3/h6-12H,4-5H2,1-3H3,(H,24,25).